The Labute approximate surface area is 150 Å². The fourth-order valence-electron chi connectivity index (χ4n) is 2.44. The van der Waals surface area contributed by atoms with Gasteiger partial charge in [0, 0.05) is 11.6 Å². The van der Waals surface area contributed by atoms with Crippen LogP contribution in [0.3, 0.4) is 0 Å². The molecule has 0 saturated heterocycles. The third kappa shape index (κ3) is 4.98. The topological polar surface area (TPSA) is 64.3 Å². The van der Waals surface area contributed by atoms with Crippen LogP contribution in [0, 0.1) is 0 Å². The van der Waals surface area contributed by atoms with E-state index in [1.165, 1.54) is 12.1 Å². The Morgan fingerprint density at radius 1 is 1.12 bits per heavy atom. The van der Waals surface area contributed by atoms with Crippen molar-refractivity contribution in [1.82, 2.24) is 0 Å². The molecule has 0 radical (unpaired) electrons. The number of hydrogen-bond donors (Lipinski definition) is 2. The van der Waals surface area contributed by atoms with E-state index in [1.807, 2.05) is 6.92 Å². The Morgan fingerprint density at radius 2 is 1.69 bits per heavy atom. The molecule has 1 amide bonds. The Morgan fingerprint density at radius 3 is 2.19 bits per heavy atom. The van der Waals surface area contributed by atoms with Crippen molar-refractivity contribution in [1.29, 1.82) is 0 Å². The molecule has 7 heteroatoms. The molecular weight excluding hydrogens is 345 g/mol. The van der Waals surface area contributed by atoms with Crippen molar-refractivity contribution in [3.63, 3.8) is 0 Å². The predicted octanol–water partition coefficient (Wildman–Crippen LogP) is 4.17. The fraction of sp³-hybridized carbons (Fsp3) is 0.316. The maximum absolute atomic E-state index is 12.6. The number of alkyl halides is 3. The zero-order valence-electron chi connectivity index (χ0n) is 14.5. The van der Waals surface area contributed by atoms with Gasteiger partial charge in [-0.15, -0.1) is 0 Å². The van der Waals surface area contributed by atoms with Gasteiger partial charge in [-0.25, -0.2) is 0 Å². The maximum Gasteiger partial charge on any atom is 0.416 e. The molecule has 2 rings (SSSR count). The van der Waals surface area contributed by atoms with E-state index in [1.54, 1.807) is 31.2 Å². The molecule has 0 heterocycles. The van der Waals surface area contributed by atoms with Crippen molar-refractivity contribution >= 4 is 11.6 Å². The summed E-state index contributed by atoms with van der Waals surface area (Å²) < 4.78 is 43.2. The molecule has 140 valence electrons. The minimum absolute atomic E-state index is 0.415. The van der Waals surface area contributed by atoms with E-state index in [9.17, 15) is 18.0 Å². The van der Waals surface area contributed by atoms with Gasteiger partial charge in [0.15, 0.2) is 0 Å². The molecule has 0 aliphatic rings. The zero-order valence-corrected chi connectivity index (χ0v) is 14.5. The first kappa shape index (κ1) is 19.8. The highest BCUT2D eigenvalue weighted by atomic mass is 19.4. The summed E-state index contributed by atoms with van der Waals surface area (Å²) >= 11 is 0. The van der Waals surface area contributed by atoms with Crippen LogP contribution < -0.4 is 15.8 Å². The van der Waals surface area contributed by atoms with Gasteiger partial charge in [0.25, 0.3) is 0 Å². The van der Waals surface area contributed by atoms with E-state index in [4.69, 9.17) is 10.5 Å². The van der Waals surface area contributed by atoms with Crippen LogP contribution in [0.2, 0.25) is 0 Å². The van der Waals surface area contributed by atoms with Crippen molar-refractivity contribution in [2.24, 2.45) is 5.73 Å². The number of anilines is 1. The summed E-state index contributed by atoms with van der Waals surface area (Å²) in [6.07, 6.45) is -4.39. The minimum atomic E-state index is -4.39. The molecule has 2 aromatic rings. The Balaban J connectivity index is 2.02. The first-order valence-corrected chi connectivity index (χ1v) is 8.19. The number of amides is 1. The monoisotopic (exact) mass is 366 g/mol. The zero-order chi connectivity index (χ0) is 19.3. The van der Waals surface area contributed by atoms with Crippen LogP contribution in [0.1, 0.15) is 30.9 Å². The number of nitrogens with two attached hydrogens (primary N) is 1. The van der Waals surface area contributed by atoms with Crippen LogP contribution in [0.25, 0.3) is 0 Å². The van der Waals surface area contributed by atoms with Crippen LogP contribution in [-0.2, 0) is 11.0 Å². The molecule has 2 aromatic carbocycles. The average molecular weight is 366 g/mol. The number of benzene rings is 2. The Hall–Kier alpha value is -2.54. The third-order valence-electron chi connectivity index (χ3n) is 4.04. The third-order valence-corrected chi connectivity index (χ3v) is 4.04. The first-order valence-electron chi connectivity index (χ1n) is 8.19. The first-order chi connectivity index (χ1) is 12.2. The smallest absolute Gasteiger partial charge is 0.416 e. The second-order valence-corrected chi connectivity index (χ2v) is 5.88. The second kappa shape index (κ2) is 8.23. The van der Waals surface area contributed by atoms with E-state index in [0.29, 0.717) is 23.6 Å². The van der Waals surface area contributed by atoms with Crippen molar-refractivity contribution in [3.8, 4) is 5.75 Å². The van der Waals surface area contributed by atoms with E-state index in [0.717, 1.165) is 12.1 Å². The minimum Gasteiger partial charge on any atom is -0.494 e. The van der Waals surface area contributed by atoms with Gasteiger partial charge in [0.1, 0.15) is 5.75 Å². The number of ether oxygens (including phenoxy) is 1. The van der Waals surface area contributed by atoms with Gasteiger partial charge >= 0.3 is 6.18 Å². The van der Waals surface area contributed by atoms with Gasteiger partial charge in [-0.05, 0) is 48.9 Å². The lowest BCUT2D eigenvalue weighted by molar-refractivity contribution is -0.137. The van der Waals surface area contributed by atoms with Crippen LogP contribution in [0.5, 0.6) is 5.75 Å². The maximum atomic E-state index is 12.6. The van der Waals surface area contributed by atoms with E-state index < -0.39 is 29.6 Å². The van der Waals surface area contributed by atoms with E-state index in [2.05, 4.69) is 5.32 Å². The number of carbonyl (C=O) groups is 1. The summed E-state index contributed by atoms with van der Waals surface area (Å²) in [4.78, 5) is 12.3. The molecule has 0 bridgehead atoms. The average Bonchev–Trinajstić information content (AvgIpc) is 2.61. The molecule has 0 fully saturated rings. The summed E-state index contributed by atoms with van der Waals surface area (Å²) in [6, 6.07) is 10.6. The molecule has 2 unspecified atom stereocenters. The lowest BCUT2D eigenvalue weighted by Gasteiger charge is -2.20. The highest BCUT2D eigenvalue weighted by molar-refractivity contribution is 5.95. The molecular formula is C19H21F3N2O2. The summed E-state index contributed by atoms with van der Waals surface area (Å²) in [7, 11) is 0. The van der Waals surface area contributed by atoms with Crippen molar-refractivity contribution in [2.75, 3.05) is 11.9 Å². The SMILES string of the molecule is CCOc1ccc(NC(=O)C(N)C(C)c2ccc(C(F)(F)F)cc2)cc1. The molecule has 0 aromatic heterocycles. The molecule has 0 saturated carbocycles. The van der Waals surface area contributed by atoms with Crippen molar-refractivity contribution < 1.29 is 22.7 Å². The van der Waals surface area contributed by atoms with Gasteiger partial charge in [0.2, 0.25) is 5.91 Å². The number of halogens is 3. The molecule has 3 N–H and O–H groups in total. The normalized spacial score (nSPS) is 13.8. The quantitative estimate of drug-likeness (QED) is 0.806. The van der Waals surface area contributed by atoms with Crippen LogP contribution in [0.15, 0.2) is 48.5 Å². The number of rotatable bonds is 6. The van der Waals surface area contributed by atoms with Gasteiger partial charge < -0.3 is 15.8 Å². The van der Waals surface area contributed by atoms with Gasteiger partial charge in [0.05, 0.1) is 18.2 Å². The van der Waals surface area contributed by atoms with Crippen LogP contribution in [-0.4, -0.2) is 18.6 Å². The molecule has 2 atom stereocenters. The van der Waals surface area contributed by atoms with Gasteiger partial charge in [-0.2, -0.15) is 13.2 Å². The Kier molecular flexibility index (Phi) is 6.26. The van der Waals surface area contributed by atoms with Gasteiger partial charge in [-0.1, -0.05) is 19.1 Å². The summed E-state index contributed by atoms with van der Waals surface area (Å²) in [5.74, 6) is -0.172. The second-order valence-electron chi connectivity index (χ2n) is 5.88. The largest absolute Gasteiger partial charge is 0.494 e. The number of nitrogens with one attached hydrogen (secondary N) is 1. The molecule has 26 heavy (non-hydrogen) atoms. The molecule has 4 nitrogen and oxygen atoms in total. The highest BCUT2D eigenvalue weighted by Crippen LogP contribution is 2.30. The highest BCUT2D eigenvalue weighted by Gasteiger charge is 2.30. The summed E-state index contributed by atoms with van der Waals surface area (Å²) in [5.41, 5.74) is 6.37. The molecule has 0 aliphatic carbocycles. The summed E-state index contributed by atoms with van der Waals surface area (Å²) in [5, 5.41) is 2.70. The van der Waals surface area contributed by atoms with Crippen molar-refractivity contribution in [3.05, 3.63) is 59.7 Å². The van der Waals surface area contributed by atoms with Crippen LogP contribution in [0.4, 0.5) is 18.9 Å². The fourth-order valence-corrected chi connectivity index (χ4v) is 2.44. The van der Waals surface area contributed by atoms with E-state index >= 15 is 0 Å². The lowest BCUT2D eigenvalue weighted by Crippen LogP contribution is -2.39. The summed E-state index contributed by atoms with van der Waals surface area (Å²) in [6.45, 7) is 4.11. The number of carbonyl (C=O) groups excluding carboxylic acids is 1. The predicted molar refractivity (Wildman–Crippen MR) is 94.1 cm³/mol. The standard InChI is InChI=1S/C19H21F3N2O2/c1-3-26-16-10-8-15(9-11-16)24-18(25)17(23)12(2)13-4-6-14(7-5-13)19(20,21)22/h4-12,17H,3,23H2,1-2H3,(H,24,25). The Bertz CT molecular complexity index is 728. The van der Waals surface area contributed by atoms with Gasteiger partial charge in [-0.3, -0.25) is 4.79 Å². The van der Waals surface area contributed by atoms with Crippen molar-refractivity contribution in [2.45, 2.75) is 32.0 Å². The van der Waals surface area contributed by atoms with E-state index in [-0.39, 0.29) is 0 Å². The van der Waals surface area contributed by atoms with Crippen LogP contribution >= 0.6 is 0 Å². The lowest BCUT2D eigenvalue weighted by atomic mass is 9.92. The number of hydrogen-bond acceptors (Lipinski definition) is 3. The molecule has 0 aliphatic heterocycles. The molecule has 0 spiro atoms.